The number of aromatic amines is 1. The van der Waals surface area contributed by atoms with Gasteiger partial charge in [-0.1, -0.05) is 60.7 Å². The topological polar surface area (TPSA) is 40.7 Å². The second-order valence-corrected chi connectivity index (χ2v) is 5.40. The van der Waals surface area contributed by atoms with E-state index < -0.39 is 0 Å². The van der Waals surface area contributed by atoms with E-state index in [1.54, 1.807) is 0 Å². The van der Waals surface area contributed by atoms with Crippen LogP contribution in [0.25, 0.3) is 0 Å². The van der Waals surface area contributed by atoms with Crippen LogP contribution in [0.15, 0.2) is 60.7 Å². The summed E-state index contributed by atoms with van der Waals surface area (Å²) >= 11 is 0. The molecule has 1 aromatic heterocycles. The van der Waals surface area contributed by atoms with Crippen LogP contribution in [0.2, 0.25) is 0 Å². The number of aromatic nitrogens is 2. The van der Waals surface area contributed by atoms with Crippen LogP contribution in [0.4, 0.5) is 5.82 Å². The molecule has 0 amide bonds. The molecule has 0 bridgehead atoms. The minimum Gasteiger partial charge on any atom is -0.368 e. The van der Waals surface area contributed by atoms with Crippen molar-refractivity contribution in [1.29, 1.82) is 0 Å². The first-order valence-electron chi connectivity index (χ1n) is 7.34. The van der Waals surface area contributed by atoms with Gasteiger partial charge in [-0.2, -0.15) is 5.10 Å². The van der Waals surface area contributed by atoms with Crippen molar-refractivity contribution in [3.63, 3.8) is 0 Å². The highest BCUT2D eigenvalue weighted by Gasteiger charge is 2.26. The van der Waals surface area contributed by atoms with E-state index in [0.717, 1.165) is 18.8 Å². The zero-order valence-electron chi connectivity index (χ0n) is 11.7. The normalized spacial score (nSPS) is 13.2. The van der Waals surface area contributed by atoms with Crippen molar-refractivity contribution in [2.24, 2.45) is 0 Å². The van der Waals surface area contributed by atoms with E-state index >= 15 is 0 Å². The molecule has 3 nitrogen and oxygen atoms in total. The van der Waals surface area contributed by atoms with Crippen molar-refractivity contribution in [2.45, 2.75) is 12.3 Å². The molecule has 0 unspecified atom stereocenters. The van der Waals surface area contributed by atoms with Gasteiger partial charge in [-0.15, -0.1) is 0 Å². The highest BCUT2D eigenvalue weighted by Crippen LogP contribution is 2.36. The van der Waals surface area contributed by atoms with Gasteiger partial charge in [-0.3, -0.25) is 5.10 Å². The molecule has 1 aliphatic heterocycles. The fourth-order valence-corrected chi connectivity index (χ4v) is 3.14. The predicted molar refractivity (Wildman–Crippen MR) is 84.6 cm³/mol. The van der Waals surface area contributed by atoms with Gasteiger partial charge < -0.3 is 5.32 Å². The van der Waals surface area contributed by atoms with Gasteiger partial charge in [0.25, 0.3) is 0 Å². The van der Waals surface area contributed by atoms with Crippen molar-refractivity contribution < 1.29 is 0 Å². The van der Waals surface area contributed by atoms with E-state index in [1.807, 2.05) is 0 Å². The molecule has 2 N–H and O–H groups in total. The van der Waals surface area contributed by atoms with Crippen LogP contribution in [0.5, 0.6) is 0 Å². The van der Waals surface area contributed by atoms with E-state index in [-0.39, 0.29) is 5.92 Å². The number of nitrogens with zero attached hydrogens (tertiary/aromatic N) is 1. The molecule has 0 atom stereocenters. The third kappa shape index (κ3) is 2.11. The van der Waals surface area contributed by atoms with Crippen LogP contribution >= 0.6 is 0 Å². The van der Waals surface area contributed by atoms with Gasteiger partial charge in [0, 0.05) is 12.1 Å². The molecule has 2 heterocycles. The van der Waals surface area contributed by atoms with Crippen molar-refractivity contribution in [3.05, 3.63) is 83.0 Å². The summed E-state index contributed by atoms with van der Waals surface area (Å²) in [6.45, 7) is 0.982. The summed E-state index contributed by atoms with van der Waals surface area (Å²) in [5.41, 5.74) is 5.13. The Morgan fingerprint density at radius 3 is 2.10 bits per heavy atom. The average Bonchev–Trinajstić information content (AvgIpc) is 3.15. The largest absolute Gasteiger partial charge is 0.368 e. The minimum absolute atomic E-state index is 0.212. The molecule has 0 saturated heterocycles. The number of hydrogen-bond donors (Lipinski definition) is 2. The summed E-state index contributed by atoms with van der Waals surface area (Å²) in [6.07, 6.45) is 1.04. The fraction of sp³-hybridized carbons (Fsp3) is 0.167. The fourth-order valence-electron chi connectivity index (χ4n) is 3.14. The summed E-state index contributed by atoms with van der Waals surface area (Å²) in [5.74, 6) is 1.23. The molecule has 0 fully saturated rings. The van der Waals surface area contributed by atoms with Gasteiger partial charge in [0.1, 0.15) is 0 Å². The molecule has 2 aromatic carbocycles. The Morgan fingerprint density at radius 1 is 0.857 bits per heavy atom. The molecule has 0 aliphatic carbocycles. The SMILES string of the molecule is c1ccc(C(c2ccccc2)c2[nH]nc3c2CCN3)cc1. The number of nitrogens with one attached hydrogen (secondary N) is 2. The number of hydrogen-bond acceptors (Lipinski definition) is 2. The first kappa shape index (κ1) is 12.2. The number of anilines is 1. The molecule has 4 rings (SSSR count). The highest BCUT2D eigenvalue weighted by atomic mass is 15.2. The Bertz CT molecular complexity index is 692. The zero-order valence-corrected chi connectivity index (χ0v) is 11.7. The number of rotatable bonds is 3. The van der Waals surface area contributed by atoms with Crippen LogP contribution in [0, 0.1) is 0 Å². The summed E-state index contributed by atoms with van der Waals surface area (Å²) in [4.78, 5) is 0. The predicted octanol–water partition coefficient (Wildman–Crippen LogP) is 3.56. The summed E-state index contributed by atoms with van der Waals surface area (Å²) in [7, 11) is 0. The third-order valence-corrected chi connectivity index (χ3v) is 4.12. The quantitative estimate of drug-likeness (QED) is 0.767. The van der Waals surface area contributed by atoms with E-state index in [2.05, 4.69) is 76.2 Å². The molecular weight excluding hydrogens is 258 g/mol. The van der Waals surface area contributed by atoms with Crippen LogP contribution in [0.1, 0.15) is 28.3 Å². The molecule has 0 saturated carbocycles. The lowest BCUT2D eigenvalue weighted by molar-refractivity contribution is 0.867. The van der Waals surface area contributed by atoms with E-state index in [1.165, 1.54) is 22.4 Å². The molecule has 104 valence electrons. The van der Waals surface area contributed by atoms with E-state index in [9.17, 15) is 0 Å². The highest BCUT2D eigenvalue weighted by molar-refractivity contribution is 5.55. The van der Waals surface area contributed by atoms with Crippen molar-refractivity contribution >= 4 is 5.82 Å². The Labute approximate surface area is 124 Å². The molecular formula is C18H17N3. The zero-order chi connectivity index (χ0) is 14.1. The second-order valence-electron chi connectivity index (χ2n) is 5.40. The molecule has 0 radical (unpaired) electrons. The summed E-state index contributed by atoms with van der Waals surface area (Å²) in [5, 5.41) is 11.0. The monoisotopic (exact) mass is 275 g/mol. The maximum Gasteiger partial charge on any atom is 0.151 e. The first-order valence-corrected chi connectivity index (χ1v) is 7.34. The molecule has 3 aromatic rings. The maximum atomic E-state index is 4.43. The van der Waals surface area contributed by atoms with Gasteiger partial charge in [0.15, 0.2) is 5.82 Å². The first-order chi connectivity index (χ1) is 10.4. The van der Waals surface area contributed by atoms with Gasteiger partial charge in [-0.25, -0.2) is 0 Å². The Kier molecular flexibility index (Phi) is 2.96. The van der Waals surface area contributed by atoms with Gasteiger partial charge >= 0.3 is 0 Å². The molecule has 0 spiro atoms. The van der Waals surface area contributed by atoms with Crippen molar-refractivity contribution in [1.82, 2.24) is 10.2 Å². The van der Waals surface area contributed by atoms with Crippen molar-refractivity contribution in [3.8, 4) is 0 Å². The number of benzene rings is 2. The summed E-state index contributed by atoms with van der Waals surface area (Å²) in [6, 6.07) is 21.3. The summed E-state index contributed by atoms with van der Waals surface area (Å²) < 4.78 is 0. The standard InChI is InChI=1S/C18H17N3/c1-3-7-13(8-4-1)16(14-9-5-2-6-10-14)17-15-11-12-19-18(15)21-20-17/h1-10,16H,11-12H2,(H2,19,20,21). The molecule has 21 heavy (non-hydrogen) atoms. The molecule has 1 aliphatic rings. The third-order valence-electron chi connectivity index (χ3n) is 4.12. The van der Waals surface area contributed by atoms with Gasteiger partial charge in [-0.05, 0) is 17.5 Å². The van der Waals surface area contributed by atoms with E-state index in [0.29, 0.717) is 0 Å². The lowest BCUT2D eigenvalue weighted by atomic mass is 9.86. The number of fused-ring (bicyclic) bond motifs is 1. The number of H-pyrrole nitrogens is 1. The van der Waals surface area contributed by atoms with Crippen molar-refractivity contribution in [2.75, 3.05) is 11.9 Å². The van der Waals surface area contributed by atoms with Crippen LogP contribution in [-0.4, -0.2) is 16.7 Å². The Morgan fingerprint density at radius 2 is 1.48 bits per heavy atom. The van der Waals surface area contributed by atoms with Gasteiger partial charge in [0.2, 0.25) is 0 Å². The lowest BCUT2D eigenvalue weighted by Gasteiger charge is -2.18. The smallest absolute Gasteiger partial charge is 0.151 e. The Balaban J connectivity index is 1.88. The van der Waals surface area contributed by atoms with E-state index in [4.69, 9.17) is 0 Å². The average molecular weight is 275 g/mol. The minimum atomic E-state index is 0.212. The van der Waals surface area contributed by atoms with Crippen LogP contribution < -0.4 is 5.32 Å². The van der Waals surface area contributed by atoms with Crippen LogP contribution in [0.3, 0.4) is 0 Å². The van der Waals surface area contributed by atoms with Gasteiger partial charge in [0.05, 0.1) is 11.6 Å². The lowest BCUT2D eigenvalue weighted by Crippen LogP contribution is -2.06. The second kappa shape index (κ2) is 5.09. The van der Waals surface area contributed by atoms with Crippen LogP contribution in [-0.2, 0) is 6.42 Å². The Hall–Kier alpha value is -2.55. The maximum absolute atomic E-state index is 4.43. The molecule has 3 heteroatoms.